The predicted octanol–water partition coefficient (Wildman–Crippen LogP) is 3.28. The number of nitrogens with two attached hydrogens (primary N) is 1. The van der Waals surface area contributed by atoms with Gasteiger partial charge in [0.15, 0.2) is 0 Å². The average molecular weight is 521 g/mol. The number of carbonyl (C=O) groups excluding carboxylic acids is 1. The van der Waals surface area contributed by atoms with Crippen LogP contribution in [-0.4, -0.2) is 11.8 Å². The van der Waals surface area contributed by atoms with E-state index in [2.05, 4.69) is 67.8 Å². The molecule has 0 aromatic heterocycles. The summed E-state index contributed by atoms with van der Waals surface area (Å²) in [6, 6.07) is 0.155. The summed E-state index contributed by atoms with van der Waals surface area (Å²) in [5, 5.41) is 0. The number of hydrogen-bond donors (Lipinski definition) is 1. The number of carbonyl (C=O) groups is 1. The molecule has 0 aliphatic heterocycles. The summed E-state index contributed by atoms with van der Waals surface area (Å²) in [5.74, 6) is 0.435. The summed E-state index contributed by atoms with van der Waals surface area (Å²) in [4.78, 5) is 10.8. The standard InChI is InChI=1S/C7H13NO.CHI3/c1-5(9)6-3-2-4-7(6)8;2-1(3)4/h6-7H,2-4,8H2,1H3;1H/t6-,7-;/m1./s1. The van der Waals surface area contributed by atoms with E-state index in [1.165, 1.54) is 0 Å². The Kier molecular flexibility index (Phi) is 9.15. The zero-order valence-corrected chi connectivity index (χ0v) is 13.9. The molecule has 1 rings (SSSR count). The van der Waals surface area contributed by atoms with E-state index in [9.17, 15) is 4.79 Å². The van der Waals surface area contributed by atoms with Crippen molar-refractivity contribution in [3.8, 4) is 0 Å². The first-order valence-corrected chi connectivity index (χ1v) is 7.87. The first kappa shape index (κ1) is 14.8. The molecule has 78 valence electrons. The van der Waals surface area contributed by atoms with E-state index in [4.69, 9.17) is 5.73 Å². The summed E-state index contributed by atoms with van der Waals surface area (Å²) in [6.45, 7) is 1.63. The van der Waals surface area contributed by atoms with Crippen LogP contribution in [0, 0.1) is 5.92 Å². The van der Waals surface area contributed by atoms with Gasteiger partial charge in [0, 0.05) is 12.0 Å². The van der Waals surface area contributed by atoms with Crippen molar-refractivity contribution in [1.82, 2.24) is 0 Å². The zero-order chi connectivity index (χ0) is 10.4. The van der Waals surface area contributed by atoms with Crippen molar-refractivity contribution in [2.24, 2.45) is 11.7 Å². The summed E-state index contributed by atoms with van der Waals surface area (Å²) in [7, 11) is 0. The highest BCUT2D eigenvalue weighted by molar-refractivity contribution is 14.3. The van der Waals surface area contributed by atoms with E-state index in [0.29, 0.717) is 0 Å². The van der Waals surface area contributed by atoms with Gasteiger partial charge in [-0.25, -0.2) is 0 Å². The molecular formula is C8H14I3NO. The van der Waals surface area contributed by atoms with Crippen molar-refractivity contribution in [3.63, 3.8) is 0 Å². The lowest BCUT2D eigenvalue weighted by Crippen LogP contribution is -2.28. The summed E-state index contributed by atoms with van der Waals surface area (Å²) >= 11 is 6.95. The Labute approximate surface area is 121 Å². The van der Waals surface area contributed by atoms with E-state index < -0.39 is 0 Å². The molecule has 1 aliphatic rings. The minimum atomic E-state index is 0.155. The lowest BCUT2D eigenvalue weighted by atomic mass is 10.0. The fraction of sp³-hybridized carbons (Fsp3) is 0.875. The van der Waals surface area contributed by atoms with Gasteiger partial charge in [-0.3, -0.25) is 4.79 Å². The van der Waals surface area contributed by atoms with Crippen molar-refractivity contribution < 1.29 is 4.79 Å². The third-order valence-electron chi connectivity index (χ3n) is 2.09. The molecule has 2 atom stereocenters. The quantitative estimate of drug-likeness (QED) is 0.426. The molecule has 1 aliphatic carbocycles. The fourth-order valence-electron chi connectivity index (χ4n) is 1.49. The van der Waals surface area contributed by atoms with Gasteiger partial charge < -0.3 is 5.73 Å². The molecule has 1 saturated carbocycles. The van der Waals surface area contributed by atoms with Gasteiger partial charge >= 0.3 is 0 Å². The fourth-order valence-corrected chi connectivity index (χ4v) is 1.49. The van der Waals surface area contributed by atoms with Crippen LogP contribution in [0.5, 0.6) is 0 Å². The Morgan fingerprint density at radius 2 is 1.85 bits per heavy atom. The minimum absolute atomic E-state index is 0.155. The number of hydrogen-bond acceptors (Lipinski definition) is 2. The SMILES string of the molecule is CC(=O)[C@H]1CCC[C@H]1N.IC(I)I. The first-order valence-electron chi connectivity index (χ1n) is 4.13. The molecule has 2 N–H and O–H groups in total. The number of Topliss-reactive ketones (excluding diaryl/α,β-unsaturated/α-hetero) is 1. The monoisotopic (exact) mass is 521 g/mol. The summed E-state index contributed by atoms with van der Waals surface area (Å²) in [6.07, 6.45) is 3.17. The Morgan fingerprint density at radius 1 is 1.38 bits per heavy atom. The van der Waals surface area contributed by atoms with Crippen LogP contribution in [0.4, 0.5) is 0 Å². The van der Waals surface area contributed by atoms with Gasteiger partial charge in [-0.1, -0.05) is 74.2 Å². The minimum Gasteiger partial charge on any atom is -0.327 e. The highest BCUT2D eigenvalue weighted by atomic mass is 127. The molecule has 0 heterocycles. The van der Waals surface area contributed by atoms with Gasteiger partial charge in [-0.05, 0) is 19.8 Å². The third-order valence-corrected chi connectivity index (χ3v) is 2.09. The molecule has 0 aromatic rings. The van der Waals surface area contributed by atoms with Crippen molar-refractivity contribution in [2.45, 2.75) is 32.2 Å². The van der Waals surface area contributed by atoms with E-state index in [-0.39, 0.29) is 17.7 Å². The van der Waals surface area contributed by atoms with Crippen LogP contribution < -0.4 is 5.73 Å². The molecule has 1 fully saturated rings. The molecule has 0 saturated heterocycles. The second-order valence-electron chi connectivity index (χ2n) is 3.06. The largest absolute Gasteiger partial charge is 0.327 e. The smallest absolute Gasteiger partial charge is 0.134 e. The van der Waals surface area contributed by atoms with Crippen LogP contribution in [0.15, 0.2) is 0 Å². The van der Waals surface area contributed by atoms with Crippen molar-refractivity contribution in [2.75, 3.05) is 0 Å². The van der Waals surface area contributed by atoms with Crippen molar-refractivity contribution in [3.05, 3.63) is 0 Å². The number of rotatable bonds is 1. The van der Waals surface area contributed by atoms with Gasteiger partial charge in [0.2, 0.25) is 0 Å². The molecule has 13 heavy (non-hydrogen) atoms. The molecule has 0 spiro atoms. The highest BCUT2D eigenvalue weighted by Gasteiger charge is 2.26. The molecule has 0 bridgehead atoms. The van der Waals surface area contributed by atoms with E-state index in [1.54, 1.807) is 6.92 Å². The summed E-state index contributed by atoms with van der Waals surface area (Å²) < 4.78 is 0.743. The van der Waals surface area contributed by atoms with Crippen LogP contribution in [0.25, 0.3) is 0 Å². The molecule has 0 aromatic carbocycles. The molecular weight excluding hydrogens is 507 g/mol. The predicted molar refractivity (Wildman–Crippen MR) is 81.8 cm³/mol. The average Bonchev–Trinajstić information content (AvgIpc) is 2.33. The zero-order valence-electron chi connectivity index (χ0n) is 7.47. The Morgan fingerprint density at radius 3 is 2.00 bits per heavy atom. The summed E-state index contributed by atoms with van der Waals surface area (Å²) in [5.41, 5.74) is 5.66. The van der Waals surface area contributed by atoms with Gasteiger partial charge in [0.05, 0.1) is 0 Å². The van der Waals surface area contributed by atoms with Gasteiger partial charge in [-0.2, -0.15) is 0 Å². The number of alkyl halides is 3. The lowest BCUT2D eigenvalue weighted by Gasteiger charge is -2.09. The Bertz CT molecular complexity index is 161. The van der Waals surface area contributed by atoms with Crippen LogP contribution in [0.1, 0.15) is 26.2 Å². The Hall–Kier alpha value is 1.82. The molecule has 0 unspecified atom stereocenters. The van der Waals surface area contributed by atoms with Crippen LogP contribution >= 0.6 is 67.8 Å². The second kappa shape index (κ2) is 8.03. The van der Waals surface area contributed by atoms with Crippen LogP contribution in [0.2, 0.25) is 0 Å². The van der Waals surface area contributed by atoms with E-state index in [1.807, 2.05) is 0 Å². The molecule has 0 radical (unpaired) electrons. The van der Waals surface area contributed by atoms with Crippen LogP contribution in [0.3, 0.4) is 0 Å². The number of ketones is 1. The van der Waals surface area contributed by atoms with Crippen LogP contribution in [-0.2, 0) is 4.79 Å². The third kappa shape index (κ3) is 7.71. The second-order valence-corrected chi connectivity index (χ2v) is 13.9. The maximum absolute atomic E-state index is 10.8. The van der Waals surface area contributed by atoms with Gasteiger partial charge in [-0.15, -0.1) is 0 Å². The number of halogens is 3. The van der Waals surface area contributed by atoms with Crippen molar-refractivity contribution >= 4 is 73.6 Å². The first-order chi connectivity index (χ1) is 5.95. The highest BCUT2D eigenvalue weighted by Crippen LogP contribution is 2.24. The van der Waals surface area contributed by atoms with E-state index >= 15 is 0 Å². The Balaban J connectivity index is 0.000000310. The normalized spacial score (nSPS) is 26.9. The molecule has 5 heteroatoms. The van der Waals surface area contributed by atoms with Gasteiger partial charge in [0.1, 0.15) is 5.72 Å². The molecule has 0 amide bonds. The topological polar surface area (TPSA) is 43.1 Å². The maximum atomic E-state index is 10.8. The van der Waals surface area contributed by atoms with Crippen molar-refractivity contribution in [1.29, 1.82) is 0 Å². The maximum Gasteiger partial charge on any atom is 0.134 e. The lowest BCUT2D eigenvalue weighted by molar-refractivity contribution is -0.120. The van der Waals surface area contributed by atoms with Gasteiger partial charge in [0.25, 0.3) is 0 Å². The molecule has 2 nitrogen and oxygen atoms in total. The van der Waals surface area contributed by atoms with E-state index in [0.717, 1.165) is 19.2 Å².